The number of halogens is 1. The highest BCUT2D eigenvalue weighted by Gasteiger charge is 2.44. The van der Waals surface area contributed by atoms with Crippen molar-refractivity contribution in [3.63, 3.8) is 0 Å². The van der Waals surface area contributed by atoms with Gasteiger partial charge in [-0.3, -0.25) is 0 Å². The number of aliphatic hydroxyl groups excluding tert-OH is 1. The molecule has 2 atom stereocenters. The fourth-order valence-electron chi connectivity index (χ4n) is 3.53. The van der Waals surface area contributed by atoms with E-state index >= 15 is 0 Å². The molecule has 0 bridgehead atoms. The van der Waals surface area contributed by atoms with Crippen LogP contribution < -0.4 is 0 Å². The summed E-state index contributed by atoms with van der Waals surface area (Å²) in [5.74, 6) is -0.843. The Hall–Kier alpha value is -1.34. The van der Waals surface area contributed by atoms with Crippen LogP contribution in [-0.4, -0.2) is 41.5 Å². The summed E-state index contributed by atoms with van der Waals surface area (Å²) in [4.78, 5) is 14.9. The number of aliphatic hydroxyl groups is 1. The van der Waals surface area contributed by atoms with Gasteiger partial charge in [0.25, 0.3) is 0 Å². The number of carbonyl (C=O) groups excluding carboxylic acids is 1. The van der Waals surface area contributed by atoms with E-state index in [1.807, 2.05) is 44.0 Å². The second-order valence-corrected chi connectivity index (χ2v) is 7.86. The van der Waals surface area contributed by atoms with Crippen molar-refractivity contribution < 1.29 is 19.4 Å². The van der Waals surface area contributed by atoms with E-state index in [0.717, 1.165) is 17.0 Å². The molecule has 2 aliphatic heterocycles. The number of allylic oxidation sites excluding steroid dienone is 1. The van der Waals surface area contributed by atoms with E-state index in [0.29, 0.717) is 28.6 Å². The SMILES string of the molecule is CCN1C(C)=C(C(=O)OC(C)C)C(c2ccsc2Cl)C2=C1COC2O. The third-order valence-electron chi connectivity index (χ3n) is 4.53. The maximum atomic E-state index is 12.9. The highest BCUT2D eigenvalue weighted by atomic mass is 35.5. The van der Waals surface area contributed by atoms with Crippen molar-refractivity contribution in [3.8, 4) is 0 Å². The van der Waals surface area contributed by atoms with Gasteiger partial charge < -0.3 is 19.5 Å². The van der Waals surface area contributed by atoms with E-state index < -0.39 is 12.2 Å². The molecule has 136 valence electrons. The zero-order valence-electron chi connectivity index (χ0n) is 14.7. The second kappa shape index (κ2) is 7.11. The monoisotopic (exact) mass is 383 g/mol. The number of esters is 1. The summed E-state index contributed by atoms with van der Waals surface area (Å²) in [5, 5.41) is 12.3. The van der Waals surface area contributed by atoms with Gasteiger partial charge in [-0.1, -0.05) is 11.6 Å². The van der Waals surface area contributed by atoms with Crippen molar-refractivity contribution in [2.24, 2.45) is 0 Å². The van der Waals surface area contributed by atoms with E-state index in [1.165, 1.54) is 11.3 Å². The summed E-state index contributed by atoms with van der Waals surface area (Å²) in [5.41, 5.74) is 3.72. The zero-order valence-corrected chi connectivity index (χ0v) is 16.3. The Morgan fingerprint density at radius 1 is 1.56 bits per heavy atom. The smallest absolute Gasteiger partial charge is 0.337 e. The van der Waals surface area contributed by atoms with E-state index in [-0.39, 0.29) is 12.1 Å². The minimum Gasteiger partial charge on any atom is -0.460 e. The molecule has 3 heterocycles. The van der Waals surface area contributed by atoms with Crippen molar-refractivity contribution in [1.29, 1.82) is 0 Å². The second-order valence-electron chi connectivity index (χ2n) is 6.35. The first-order valence-corrected chi connectivity index (χ1v) is 9.57. The van der Waals surface area contributed by atoms with Gasteiger partial charge in [-0.2, -0.15) is 0 Å². The average molecular weight is 384 g/mol. The number of likely N-dealkylation sites (N-methyl/N-ethyl adjacent to an activating group) is 1. The lowest BCUT2D eigenvalue weighted by atomic mass is 9.81. The first kappa shape index (κ1) is 18.5. The predicted molar refractivity (Wildman–Crippen MR) is 97.4 cm³/mol. The summed E-state index contributed by atoms with van der Waals surface area (Å²) in [6.45, 7) is 8.53. The normalized spacial score (nSPS) is 23.6. The van der Waals surface area contributed by atoms with Crippen LogP contribution in [0.4, 0.5) is 0 Å². The van der Waals surface area contributed by atoms with Crippen LogP contribution in [0.15, 0.2) is 34.0 Å². The Morgan fingerprint density at radius 3 is 2.84 bits per heavy atom. The van der Waals surface area contributed by atoms with Crippen LogP contribution in [0, 0.1) is 0 Å². The molecule has 1 aromatic rings. The van der Waals surface area contributed by atoms with Gasteiger partial charge in [0.05, 0.1) is 22.6 Å². The van der Waals surface area contributed by atoms with E-state index in [1.54, 1.807) is 0 Å². The van der Waals surface area contributed by atoms with Gasteiger partial charge >= 0.3 is 5.97 Å². The quantitative estimate of drug-likeness (QED) is 0.804. The molecule has 2 aliphatic rings. The third-order valence-corrected chi connectivity index (χ3v) is 5.73. The van der Waals surface area contributed by atoms with Crippen LogP contribution in [0.1, 0.15) is 39.2 Å². The molecule has 5 nitrogen and oxygen atoms in total. The van der Waals surface area contributed by atoms with Crippen LogP contribution >= 0.6 is 22.9 Å². The zero-order chi connectivity index (χ0) is 18.3. The van der Waals surface area contributed by atoms with Gasteiger partial charge in [0.2, 0.25) is 0 Å². The first-order chi connectivity index (χ1) is 11.9. The molecule has 7 heteroatoms. The standard InChI is InChI=1S/C18H22ClNO4S/c1-5-20-10(4)13(18(22)24-9(2)3)14(11-6-7-25-16(11)19)15-12(20)8-23-17(15)21/h6-7,9,14,17,21H,5,8H2,1-4H3. The number of hydrogen-bond donors (Lipinski definition) is 1. The van der Waals surface area contributed by atoms with Gasteiger partial charge in [0.1, 0.15) is 0 Å². The Labute approximate surface area is 156 Å². The highest BCUT2D eigenvalue weighted by molar-refractivity contribution is 7.14. The van der Waals surface area contributed by atoms with Crippen molar-refractivity contribution in [3.05, 3.63) is 43.9 Å². The summed E-state index contributed by atoms with van der Waals surface area (Å²) in [7, 11) is 0. The molecule has 1 aromatic heterocycles. The molecular formula is C18H22ClNO4S. The van der Waals surface area contributed by atoms with Crippen LogP contribution in [0.5, 0.6) is 0 Å². The van der Waals surface area contributed by atoms with E-state index in [2.05, 4.69) is 0 Å². The van der Waals surface area contributed by atoms with E-state index in [4.69, 9.17) is 21.1 Å². The van der Waals surface area contributed by atoms with Crippen molar-refractivity contribution >= 4 is 28.9 Å². The molecule has 0 saturated carbocycles. The lowest BCUT2D eigenvalue weighted by molar-refractivity contribution is -0.143. The molecule has 25 heavy (non-hydrogen) atoms. The van der Waals surface area contributed by atoms with Gasteiger partial charge in [-0.15, -0.1) is 11.3 Å². The number of rotatable bonds is 4. The maximum Gasteiger partial charge on any atom is 0.337 e. The molecule has 0 fully saturated rings. The van der Waals surface area contributed by atoms with Gasteiger partial charge in [0, 0.05) is 29.4 Å². The van der Waals surface area contributed by atoms with Crippen LogP contribution in [0.3, 0.4) is 0 Å². The Bertz CT molecular complexity index is 752. The van der Waals surface area contributed by atoms with Gasteiger partial charge in [-0.25, -0.2) is 4.79 Å². The number of thiophene rings is 1. The molecule has 1 N–H and O–H groups in total. The fourth-order valence-corrected chi connectivity index (χ4v) is 4.52. The van der Waals surface area contributed by atoms with Crippen LogP contribution in [0.2, 0.25) is 4.34 Å². The molecule has 0 amide bonds. The van der Waals surface area contributed by atoms with Gasteiger partial charge in [0.15, 0.2) is 6.29 Å². The van der Waals surface area contributed by atoms with Crippen molar-refractivity contribution in [2.45, 2.75) is 46.0 Å². The lowest BCUT2D eigenvalue weighted by Crippen LogP contribution is -2.34. The molecule has 0 radical (unpaired) electrons. The third kappa shape index (κ3) is 3.12. The van der Waals surface area contributed by atoms with Crippen LogP contribution in [0.25, 0.3) is 0 Å². The Balaban J connectivity index is 2.19. The summed E-state index contributed by atoms with van der Waals surface area (Å²) < 4.78 is 11.6. The fraction of sp³-hybridized carbons (Fsp3) is 0.500. The molecule has 0 spiro atoms. The Kier molecular flexibility index (Phi) is 5.25. The topological polar surface area (TPSA) is 59.0 Å². The molecule has 0 saturated heterocycles. The number of nitrogens with zero attached hydrogens (tertiary/aromatic N) is 1. The first-order valence-electron chi connectivity index (χ1n) is 8.31. The molecule has 0 aliphatic carbocycles. The minimum absolute atomic E-state index is 0.235. The largest absolute Gasteiger partial charge is 0.460 e. The lowest BCUT2D eigenvalue weighted by Gasteiger charge is -2.36. The number of hydrogen-bond acceptors (Lipinski definition) is 6. The molecular weight excluding hydrogens is 362 g/mol. The summed E-state index contributed by atoms with van der Waals surface area (Å²) >= 11 is 7.79. The predicted octanol–water partition coefficient (Wildman–Crippen LogP) is 3.65. The summed E-state index contributed by atoms with van der Waals surface area (Å²) in [6.07, 6.45) is -1.29. The number of ether oxygens (including phenoxy) is 2. The van der Waals surface area contributed by atoms with Crippen LogP contribution in [-0.2, 0) is 14.3 Å². The number of carbonyl (C=O) groups is 1. The van der Waals surface area contributed by atoms with Gasteiger partial charge in [-0.05, 0) is 44.7 Å². The van der Waals surface area contributed by atoms with Crippen molar-refractivity contribution in [2.75, 3.05) is 13.2 Å². The Morgan fingerprint density at radius 2 is 2.28 bits per heavy atom. The summed E-state index contributed by atoms with van der Waals surface area (Å²) in [6, 6.07) is 1.89. The average Bonchev–Trinajstić information content (AvgIpc) is 3.12. The molecule has 2 unspecified atom stereocenters. The van der Waals surface area contributed by atoms with Crippen molar-refractivity contribution in [1.82, 2.24) is 4.90 Å². The van der Waals surface area contributed by atoms with E-state index in [9.17, 15) is 9.90 Å². The molecule has 0 aromatic carbocycles. The minimum atomic E-state index is -1.06. The molecule has 3 rings (SSSR count). The maximum absolute atomic E-state index is 12.9. The highest BCUT2D eigenvalue weighted by Crippen LogP contribution is 2.48.